The normalized spacial score (nSPS) is 10.9. The van der Waals surface area contributed by atoms with Crippen LogP contribution in [0.15, 0.2) is 47.0 Å². The Morgan fingerprint density at radius 3 is 2.61 bits per heavy atom. The summed E-state index contributed by atoms with van der Waals surface area (Å²) >= 11 is 0. The number of benzene rings is 1. The van der Waals surface area contributed by atoms with Crippen LogP contribution in [-0.2, 0) is 6.42 Å². The molecule has 0 spiro atoms. The fourth-order valence-electron chi connectivity index (χ4n) is 1.52. The molecule has 18 heavy (non-hydrogen) atoms. The molecule has 0 aliphatic carbocycles. The zero-order valence-corrected chi connectivity index (χ0v) is 9.38. The van der Waals surface area contributed by atoms with Crippen molar-refractivity contribution < 1.29 is 13.7 Å². The zero-order valence-electron chi connectivity index (χ0n) is 9.38. The largest absolute Gasteiger partial charge is 0.461 e. The van der Waals surface area contributed by atoms with Crippen molar-refractivity contribution in [2.45, 2.75) is 6.42 Å². The summed E-state index contributed by atoms with van der Waals surface area (Å²) in [5.74, 6) is 0.807. The molecule has 1 aromatic heterocycles. The molecule has 0 amide bonds. The van der Waals surface area contributed by atoms with E-state index in [1.165, 1.54) is 18.2 Å². The fraction of sp³-hybridized carbons (Fsp3) is 0.0769. The van der Waals surface area contributed by atoms with Crippen LogP contribution in [0.25, 0.3) is 6.08 Å². The summed E-state index contributed by atoms with van der Waals surface area (Å²) in [6, 6.07) is 9.49. The van der Waals surface area contributed by atoms with Gasteiger partial charge in [0.2, 0.25) is 6.20 Å². The molecule has 0 bridgehead atoms. The molecule has 0 aliphatic rings. The van der Waals surface area contributed by atoms with E-state index in [2.05, 4.69) is 0 Å². The molecule has 0 aliphatic heterocycles. The van der Waals surface area contributed by atoms with Crippen molar-refractivity contribution in [2.24, 2.45) is 0 Å². The lowest BCUT2D eigenvalue weighted by Gasteiger charge is -1.97. The first-order chi connectivity index (χ1) is 8.63. The topological polar surface area (TPSA) is 56.3 Å². The molecule has 0 saturated carbocycles. The van der Waals surface area contributed by atoms with Crippen LogP contribution in [0.2, 0.25) is 0 Å². The molecule has 0 N–H and O–H groups in total. The maximum atomic E-state index is 12.7. The van der Waals surface area contributed by atoms with E-state index >= 15 is 0 Å². The van der Waals surface area contributed by atoms with Gasteiger partial charge in [-0.15, -0.1) is 0 Å². The summed E-state index contributed by atoms with van der Waals surface area (Å²) in [7, 11) is 0. The summed E-state index contributed by atoms with van der Waals surface area (Å²) < 4.78 is 18.1. The quantitative estimate of drug-likeness (QED) is 0.615. The third kappa shape index (κ3) is 3.28. The highest BCUT2D eigenvalue weighted by atomic mass is 19.1. The molecule has 0 unspecified atom stereocenters. The van der Waals surface area contributed by atoms with Crippen LogP contribution in [0.5, 0.6) is 0 Å². The van der Waals surface area contributed by atoms with Crippen LogP contribution < -0.4 is 0 Å². The first-order valence-corrected chi connectivity index (χ1v) is 5.28. The van der Waals surface area contributed by atoms with Gasteiger partial charge in [0.1, 0.15) is 17.3 Å². The van der Waals surface area contributed by atoms with Crippen molar-refractivity contribution >= 4 is 6.08 Å². The second-order valence-electron chi connectivity index (χ2n) is 3.71. The third-order valence-electron chi connectivity index (χ3n) is 2.33. The van der Waals surface area contributed by atoms with Gasteiger partial charge in [-0.05, 0) is 29.8 Å². The summed E-state index contributed by atoms with van der Waals surface area (Å²) in [4.78, 5) is 9.59. The Hall–Kier alpha value is -2.43. The highest BCUT2D eigenvalue weighted by Gasteiger charge is 2.02. The molecule has 0 atom stereocenters. The van der Waals surface area contributed by atoms with Crippen LogP contribution >= 0.6 is 0 Å². The van der Waals surface area contributed by atoms with Crippen molar-refractivity contribution in [2.75, 3.05) is 0 Å². The Morgan fingerprint density at radius 1 is 1.22 bits per heavy atom. The number of hydrogen-bond acceptors (Lipinski definition) is 3. The maximum absolute atomic E-state index is 12.7. The van der Waals surface area contributed by atoms with Gasteiger partial charge >= 0.3 is 0 Å². The van der Waals surface area contributed by atoms with E-state index in [9.17, 15) is 14.5 Å². The Kier molecular flexibility index (Phi) is 3.52. The zero-order chi connectivity index (χ0) is 13.0. The highest BCUT2D eigenvalue weighted by Crippen LogP contribution is 2.14. The number of furan rings is 1. The summed E-state index contributed by atoms with van der Waals surface area (Å²) in [5.41, 5.74) is 0.913. The van der Waals surface area contributed by atoms with Gasteiger partial charge in [-0.25, -0.2) is 4.39 Å². The number of nitro groups is 1. The molecule has 2 rings (SSSR count). The Balaban J connectivity index is 2.06. The fourth-order valence-corrected chi connectivity index (χ4v) is 1.52. The smallest absolute Gasteiger partial charge is 0.238 e. The lowest BCUT2D eigenvalue weighted by molar-refractivity contribution is -0.401. The molecule has 4 nitrogen and oxygen atoms in total. The summed E-state index contributed by atoms with van der Waals surface area (Å²) in [6.45, 7) is 0. The maximum Gasteiger partial charge on any atom is 0.238 e. The molecule has 0 fully saturated rings. The van der Waals surface area contributed by atoms with Gasteiger partial charge in [-0.1, -0.05) is 12.1 Å². The van der Waals surface area contributed by atoms with E-state index in [-0.39, 0.29) is 5.82 Å². The van der Waals surface area contributed by atoms with Crippen molar-refractivity contribution in [1.29, 1.82) is 0 Å². The molecular formula is C13H10FNO3. The Bertz CT molecular complexity index is 572. The average molecular weight is 247 g/mol. The van der Waals surface area contributed by atoms with Crippen LogP contribution in [0.4, 0.5) is 4.39 Å². The molecule has 2 aromatic rings. The predicted octanol–water partition coefficient (Wildman–Crippen LogP) is 3.26. The van der Waals surface area contributed by atoms with Crippen LogP contribution in [-0.4, -0.2) is 4.92 Å². The molecule has 5 heteroatoms. The van der Waals surface area contributed by atoms with Gasteiger partial charge in [0.15, 0.2) is 0 Å². The van der Waals surface area contributed by atoms with Crippen molar-refractivity contribution in [3.05, 3.63) is 75.6 Å². The number of nitrogens with zero attached hydrogens (tertiary/aromatic N) is 1. The van der Waals surface area contributed by atoms with Crippen molar-refractivity contribution in [3.63, 3.8) is 0 Å². The molecule has 1 heterocycles. The van der Waals surface area contributed by atoms with Gasteiger partial charge < -0.3 is 4.42 Å². The summed E-state index contributed by atoms with van der Waals surface area (Å²) in [5, 5.41) is 10.1. The van der Waals surface area contributed by atoms with Gasteiger partial charge in [0.25, 0.3) is 0 Å². The van der Waals surface area contributed by atoms with Crippen molar-refractivity contribution in [1.82, 2.24) is 0 Å². The minimum Gasteiger partial charge on any atom is -0.461 e. The van der Waals surface area contributed by atoms with E-state index < -0.39 is 4.92 Å². The minimum atomic E-state index is -0.553. The summed E-state index contributed by atoms with van der Waals surface area (Å²) in [6.07, 6.45) is 2.63. The van der Waals surface area contributed by atoms with Crippen LogP contribution in [0.1, 0.15) is 17.1 Å². The van der Waals surface area contributed by atoms with Gasteiger partial charge in [0.05, 0.1) is 11.0 Å². The van der Waals surface area contributed by atoms with Crippen molar-refractivity contribution in [3.8, 4) is 0 Å². The molecular weight excluding hydrogens is 237 g/mol. The van der Waals surface area contributed by atoms with E-state index in [0.29, 0.717) is 17.9 Å². The molecule has 1 aromatic carbocycles. The SMILES string of the molecule is O=[N+]([O-])C=Cc1ccc(Cc2ccc(F)cc2)o1. The standard InChI is InChI=1S/C13H10FNO3/c14-11-3-1-10(2-4-11)9-13-6-5-12(18-13)7-8-15(16)17/h1-8H,9H2. The second-order valence-corrected chi connectivity index (χ2v) is 3.71. The van der Waals surface area contributed by atoms with E-state index in [1.54, 1.807) is 24.3 Å². The van der Waals surface area contributed by atoms with Gasteiger partial charge in [0, 0.05) is 6.42 Å². The van der Waals surface area contributed by atoms with Crippen LogP contribution in [0.3, 0.4) is 0 Å². The van der Waals surface area contributed by atoms with Gasteiger partial charge in [-0.2, -0.15) is 0 Å². The van der Waals surface area contributed by atoms with Gasteiger partial charge in [-0.3, -0.25) is 10.1 Å². The average Bonchev–Trinajstić information content (AvgIpc) is 2.77. The Labute approximate surface area is 103 Å². The minimum absolute atomic E-state index is 0.284. The lowest BCUT2D eigenvalue weighted by Crippen LogP contribution is -1.85. The number of halogens is 1. The monoisotopic (exact) mass is 247 g/mol. The Morgan fingerprint density at radius 2 is 1.94 bits per heavy atom. The lowest BCUT2D eigenvalue weighted by atomic mass is 10.1. The second kappa shape index (κ2) is 5.27. The molecule has 92 valence electrons. The van der Waals surface area contributed by atoms with E-state index in [1.807, 2.05) is 0 Å². The highest BCUT2D eigenvalue weighted by molar-refractivity contribution is 5.41. The van der Waals surface area contributed by atoms with E-state index in [0.717, 1.165) is 11.8 Å². The van der Waals surface area contributed by atoms with E-state index in [4.69, 9.17) is 4.42 Å². The molecule has 0 saturated heterocycles. The van der Waals surface area contributed by atoms with Crippen LogP contribution in [0, 0.1) is 15.9 Å². The molecule has 0 radical (unpaired) electrons. The predicted molar refractivity (Wildman–Crippen MR) is 63.9 cm³/mol. The first-order valence-electron chi connectivity index (χ1n) is 5.28. The number of rotatable bonds is 4. The third-order valence-corrected chi connectivity index (χ3v) is 2.33. The first kappa shape index (κ1) is 12.0. The number of hydrogen-bond donors (Lipinski definition) is 0.